The zero-order valence-corrected chi connectivity index (χ0v) is 11.4. The number of nitrogens with zero attached hydrogens (tertiary/aromatic N) is 1. The lowest BCUT2D eigenvalue weighted by Gasteiger charge is -2.34. The number of rotatable bonds is 3. The van der Waals surface area contributed by atoms with Gasteiger partial charge in [-0.1, -0.05) is 12.8 Å². The Balaban J connectivity index is 1.71. The average Bonchev–Trinajstić information content (AvgIpc) is 3.14. The first-order chi connectivity index (χ1) is 9.59. The minimum Gasteiger partial charge on any atom is -0.481 e. The van der Waals surface area contributed by atoms with E-state index in [-0.39, 0.29) is 24.2 Å². The monoisotopic (exact) mass is 280 g/mol. The van der Waals surface area contributed by atoms with Crippen LogP contribution in [-0.4, -0.2) is 46.9 Å². The second-order valence-electron chi connectivity index (χ2n) is 6.07. The van der Waals surface area contributed by atoms with Crippen LogP contribution < -0.4 is 5.32 Å². The van der Waals surface area contributed by atoms with E-state index in [9.17, 15) is 14.4 Å². The summed E-state index contributed by atoms with van der Waals surface area (Å²) < 4.78 is 0. The highest BCUT2D eigenvalue weighted by Gasteiger charge is 2.56. The van der Waals surface area contributed by atoms with Gasteiger partial charge in [0.1, 0.15) is 6.04 Å². The Labute approximate surface area is 117 Å². The van der Waals surface area contributed by atoms with E-state index in [2.05, 4.69) is 5.32 Å². The zero-order valence-electron chi connectivity index (χ0n) is 11.4. The van der Waals surface area contributed by atoms with Gasteiger partial charge in [-0.15, -0.1) is 0 Å². The average molecular weight is 280 g/mol. The second kappa shape index (κ2) is 5.07. The van der Waals surface area contributed by atoms with Crippen LogP contribution >= 0.6 is 0 Å². The van der Waals surface area contributed by atoms with Gasteiger partial charge >= 0.3 is 5.97 Å². The van der Waals surface area contributed by atoms with Gasteiger partial charge < -0.3 is 15.3 Å². The van der Waals surface area contributed by atoms with Gasteiger partial charge in [-0.2, -0.15) is 0 Å². The van der Waals surface area contributed by atoms with Crippen molar-refractivity contribution >= 4 is 17.8 Å². The summed E-state index contributed by atoms with van der Waals surface area (Å²) in [6.07, 6.45) is 4.27. The van der Waals surface area contributed by atoms with Crippen LogP contribution in [0, 0.1) is 17.8 Å². The van der Waals surface area contributed by atoms with Crippen LogP contribution in [0.3, 0.4) is 0 Å². The molecular weight excluding hydrogens is 260 g/mol. The van der Waals surface area contributed by atoms with Crippen molar-refractivity contribution in [1.29, 1.82) is 0 Å². The molecular formula is C14H20N2O4. The van der Waals surface area contributed by atoms with Crippen molar-refractivity contribution in [3.8, 4) is 0 Å². The molecule has 0 spiro atoms. The van der Waals surface area contributed by atoms with Crippen molar-refractivity contribution in [3.63, 3.8) is 0 Å². The van der Waals surface area contributed by atoms with Crippen LogP contribution in [0.1, 0.15) is 32.1 Å². The van der Waals surface area contributed by atoms with E-state index in [4.69, 9.17) is 5.11 Å². The molecule has 2 saturated carbocycles. The molecule has 0 aromatic carbocycles. The smallest absolute Gasteiger partial charge is 0.305 e. The molecule has 0 aromatic heterocycles. The first-order valence-corrected chi connectivity index (χ1v) is 7.39. The van der Waals surface area contributed by atoms with Crippen LogP contribution in [-0.2, 0) is 14.4 Å². The Morgan fingerprint density at radius 3 is 2.50 bits per heavy atom. The van der Waals surface area contributed by atoms with Crippen molar-refractivity contribution in [2.45, 2.75) is 38.1 Å². The third-order valence-electron chi connectivity index (χ3n) is 4.92. The maximum absolute atomic E-state index is 12.6. The number of hydrogen-bond acceptors (Lipinski definition) is 3. The Morgan fingerprint density at radius 1 is 1.25 bits per heavy atom. The van der Waals surface area contributed by atoms with Crippen molar-refractivity contribution in [2.75, 3.05) is 13.1 Å². The van der Waals surface area contributed by atoms with Crippen molar-refractivity contribution in [2.24, 2.45) is 17.8 Å². The SMILES string of the molecule is O=C(O)CC1C(=O)NCCN1C(=O)C1C2CCCCC21. The van der Waals surface area contributed by atoms with Crippen LogP contribution in [0.2, 0.25) is 0 Å². The molecule has 3 atom stereocenters. The van der Waals surface area contributed by atoms with E-state index in [1.165, 1.54) is 17.7 Å². The van der Waals surface area contributed by atoms with Gasteiger partial charge in [-0.05, 0) is 24.7 Å². The number of hydrogen-bond donors (Lipinski definition) is 2. The lowest BCUT2D eigenvalue weighted by Crippen LogP contribution is -2.58. The van der Waals surface area contributed by atoms with E-state index >= 15 is 0 Å². The molecule has 0 bridgehead atoms. The molecule has 1 heterocycles. The molecule has 3 rings (SSSR count). The fourth-order valence-corrected chi connectivity index (χ4v) is 3.90. The number of carbonyl (C=O) groups is 3. The summed E-state index contributed by atoms with van der Waals surface area (Å²) in [6.45, 7) is 0.848. The van der Waals surface area contributed by atoms with E-state index in [0.29, 0.717) is 24.9 Å². The standard InChI is InChI=1S/C14H20N2O4/c17-11(18)7-10-13(19)15-5-6-16(10)14(20)12-8-3-1-2-4-9(8)12/h8-10,12H,1-7H2,(H,15,19)(H,17,18). The summed E-state index contributed by atoms with van der Waals surface area (Å²) in [7, 11) is 0. The third kappa shape index (κ3) is 2.27. The Hall–Kier alpha value is -1.59. The minimum absolute atomic E-state index is 0.00278. The lowest BCUT2D eigenvalue weighted by molar-refractivity contribution is -0.149. The van der Waals surface area contributed by atoms with E-state index in [1.807, 2.05) is 0 Å². The molecule has 3 unspecified atom stereocenters. The molecule has 0 radical (unpaired) electrons. The van der Waals surface area contributed by atoms with Crippen molar-refractivity contribution in [1.82, 2.24) is 10.2 Å². The quantitative estimate of drug-likeness (QED) is 0.774. The fourth-order valence-electron chi connectivity index (χ4n) is 3.90. The van der Waals surface area contributed by atoms with Crippen molar-refractivity contribution < 1.29 is 19.5 Å². The maximum Gasteiger partial charge on any atom is 0.305 e. The number of amides is 2. The molecule has 3 aliphatic rings. The molecule has 1 saturated heterocycles. The molecule has 2 aliphatic carbocycles. The van der Waals surface area contributed by atoms with Crippen LogP contribution in [0.25, 0.3) is 0 Å². The molecule has 2 amide bonds. The number of carboxylic acid groups (broad SMARTS) is 1. The Kier molecular flexibility index (Phi) is 3.40. The molecule has 0 aromatic rings. The summed E-state index contributed by atoms with van der Waals surface area (Å²) >= 11 is 0. The van der Waals surface area contributed by atoms with Crippen molar-refractivity contribution in [3.05, 3.63) is 0 Å². The van der Waals surface area contributed by atoms with Gasteiger partial charge in [0.05, 0.1) is 6.42 Å². The second-order valence-corrected chi connectivity index (χ2v) is 6.07. The Morgan fingerprint density at radius 2 is 1.90 bits per heavy atom. The minimum atomic E-state index is -1.04. The van der Waals surface area contributed by atoms with Gasteiger partial charge in [0.15, 0.2) is 0 Å². The molecule has 20 heavy (non-hydrogen) atoms. The molecule has 1 aliphatic heterocycles. The summed E-state index contributed by atoms with van der Waals surface area (Å²) in [5, 5.41) is 11.6. The molecule has 110 valence electrons. The zero-order chi connectivity index (χ0) is 14.3. The number of aliphatic carboxylic acids is 1. The number of fused-ring (bicyclic) bond motifs is 1. The van der Waals surface area contributed by atoms with E-state index in [0.717, 1.165) is 12.8 Å². The maximum atomic E-state index is 12.6. The number of nitrogens with one attached hydrogen (secondary N) is 1. The first-order valence-electron chi connectivity index (χ1n) is 7.39. The number of piperazine rings is 1. The van der Waals surface area contributed by atoms with Crippen LogP contribution in [0.4, 0.5) is 0 Å². The van der Waals surface area contributed by atoms with Gasteiger partial charge in [-0.3, -0.25) is 14.4 Å². The topological polar surface area (TPSA) is 86.7 Å². The summed E-state index contributed by atoms with van der Waals surface area (Å²) in [4.78, 5) is 36.9. The summed E-state index contributed by atoms with van der Waals surface area (Å²) in [5.74, 6) is -0.380. The largest absolute Gasteiger partial charge is 0.481 e. The fraction of sp³-hybridized carbons (Fsp3) is 0.786. The van der Waals surface area contributed by atoms with Gasteiger partial charge in [0.2, 0.25) is 11.8 Å². The Bertz CT molecular complexity index is 438. The van der Waals surface area contributed by atoms with Gasteiger partial charge in [0, 0.05) is 19.0 Å². The van der Waals surface area contributed by atoms with E-state index in [1.54, 1.807) is 0 Å². The molecule has 3 fully saturated rings. The van der Waals surface area contributed by atoms with Gasteiger partial charge in [0.25, 0.3) is 0 Å². The summed E-state index contributed by atoms with van der Waals surface area (Å²) in [6, 6.07) is -0.837. The van der Waals surface area contributed by atoms with Crippen LogP contribution in [0.15, 0.2) is 0 Å². The summed E-state index contributed by atoms with van der Waals surface area (Å²) in [5.41, 5.74) is 0. The predicted octanol–water partition coefficient (Wildman–Crippen LogP) is 0.224. The molecule has 2 N–H and O–H groups in total. The third-order valence-corrected chi connectivity index (χ3v) is 4.92. The number of carbonyl (C=O) groups excluding carboxylic acids is 2. The highest BCUT2D eigenvalue weighted by molar-refractivity contribution is 5.93. The molecule has 6 nitrogen and oxygen atoms in total. The highest BCUT2D eigenvalue weighted by Crippen LogP contribution is 2.56. The first kappa shape index (κ1) is 13.4. The number of carboxylic acids is 1. The highest BCUT2D eigenvalue weighted by atomic mass is 16.4. The molecule has 6 heteroatoms. The van der Waals surface area contributed by atoms with Crippen LogP contribution in [0.5, 0.6) is 0 Å². The lowest BCUT2D eigenvalue weighted by atomic mass is 10.0. The normalized spacial score (nSPS) is 36.0. The van der Waals surface area contributed by atoms with Gasteiger partial charge in [-0.25, -0.2) is 0 Å². The van der Waals surface area contributed by atoms with E-state index < -0.39 is 12.0 Å². The predicted molar refractivity (Wildman–Crippen MR) is 69.7 cm³/mol.